The zero-order chi connectivity index (χ0) is 20.0. The summed E-state index contributed by atoms with van der Waals surface area (Å²) < 4.78 is 0.884. The monoisotopic (exact) mass is 448 g/mol. The first-order valence-corrected chi connectivity index (χ1v) is 10.1. The average molecular weight is 449 g/mol. The molecule has 0 aliphatic heterocycles. The quantitative estimate of drug-likeness (QED) is 0.497. The van der Waals surface area contributed by atoms with Crippen molar-refractivity contribution in [2.75, 3.05) is 18.1 Å². The SMILES string of the molecule is Cc1ccc(N(CCCCO)C(=S)NC(=O)c2ccc(C)c(Br)c2)c(C)c1. The molecule has 0 aromatic heterocycles. The van der Waals surface area contributed by atoms with E-state index in [2.05, 4.69) is 27.3 Å². The Morgan fingerprint density at radius 3 is 2.48 bits per heavy atom. The fraction of sp³-hybridized carbons (Fsp3) is 0.333. The lowest BCUT2D eigenvalue weighted by atomic mass is 10.1. The van der Waals surface area contributed by atoms with E-state index in [1.807, 2.05) is 43.9 Å². The summed E-state index contributed by atoms with van der Waals surface area (Å²) in [6, 6.07) is 11.6. The number of hydrogen-bond donors (Lipinski definition) is 2. The molecule has 4 nitrogen and oxygen atoms in total. The number of nitrogens with one attached hydrogen (secondary N) is 1. The molecule has 2 rings (SSSR count). The molecule has 0 bridgehead atoms. The van der Waals surface area contributed by atoms with Gasteiger partial charge in [-0.25, -0.2) is 0 Å². The molecule has 144 valence electrons. The van der Waals surface area contributed by atoms with Crippen LogP contribution in [0.3, 0.4) is 0 Å². The molecule has 2 aromatic rings. The van der Waals surface area contributed by atoms with Gasteiger partial charge < -0.3 is 10.0 Å². The highest BCUT2D eigenvalue weighted by molar-refractivity contribution is 9.10. The third kappa shape index (κ3) is 5.86. The number of rotatable bonds is 6. The molecule has 0 atom stereocenters. The Kier molecular flexibility index (Phi) is 7.95. The molecule has 1 amide bonds. The summed E-state index contributed by atoms with van der Waals surface area (Å²) in [5.74, 6) is -0.238. The molecule has 0 unspecified atom stereocenters. The van der Waals surface area contributed by atoms with Gasteiger partial charge in [-0.1, -0.05) is 39.7 Å². The minimum Gasteiger partial charge on any atom is -0.396 e. The summed E-state index contributed by atoms with van der Waals surface area (Å²) in [5, 5.41) is 12.3. The molecule has 0 saturated carbocycles. The second-order valence-electron chi connectivity index (χ2n) is 6.60. The lowest BCUT2D eigenvalue weighted by Crippen LogP contribution is -2.43. The van der Waals surface area contributed by atoms with Crippen LogP contribution in [0.25, 0.3) is 0 Å². The van der Waals surface area contributed by atoms with Gasteiger partial charge in [-0.15, -0.1) is 0 Å². The van der Waals surface area contributed by atoms with E-state index in [1.54, 1.807) is 12.1 Å². The van der Waals surface area contributed by atoms with E-state index in [9.17, 15) is 4.79 Å². The van der Waals surface area contributed by atoms with Crippen molar-refractivity contribution >= 4 is 44.9 Å². The van der Waals surface area contributed by atoms with E-state index in [0.29, 0.717) is 23.6 Å². The zero-order valence-corrected chi connectivity index (χ0v) is 18.3. The van der Waals surface area contributed by atoms with Crippen LogP contribution in [0.4, 0.5) is 5.69 Å². The van der Waals surface area contributed by atoms with E-state index in [1.165, 1.54) is 5.56 Å². The van der Waals surface area contributed by atoms with Crippen LogP contribution in [0.1, 0.15) is 39.9 Å². The van der Waals surface area contributed by atoms with E-state index < -0.39 is 0 Å². The van der Waals surface area contributed by atoms with Crippen LogP contribution >= 0.6 is 28.1 Å². The number of carbonyl (C=O) groups is 1. The first kappa shape index (κ1) is 21.5. The van der Waals surface area contributed by atoms with Crippen molar-refractivity contribution in [1.82, 2.24) is 5.32 Å². The lowest BCUT2D eigenvalue weighted by molar-refractivity contribution is 0.0977. The van der Waals surface area contributed by atoms with E-state index in [0.717, 1.165) is 27.7 Å². The number of aryl methyl sites for hydroxylation is 3. The molecular weight excluding hydrogens is 424 g/mol. The number of amides is 1. The molecule has 0 saturated heterocycles. The largest absolute Gasteiger partial charge is 0.396 e. The molecule has 0 radical (unpaired) electrons. The van der Waals surface area contributed by atoms with Gasteiger partial charge in [0.15, 0.2) is 5.11 Å². The van der Waals surface area contributed by atoms with Crippen LogP contribution < -0.4 is 10.2 Å². The maximum atomic E-state index is 12.6. The minimum absolute atomic E-state index is 0.136. The van der Waals surface area contributed by atoms with Gasteiger partial charge in [0.2, 0.25) is 0 Å². The average Bonchev–Trinajstić information content (AvgIpc) is 2.62. The third-order valence-corrected chi connectivity index (χ3v) is 5.51. The molecule has 0 aliphatic rings. The molecule has 27 heavy (non-hydrogen) atoms. The summed E-state index contributed by atoms with van der Waals surface area (Å²) in [4.78, 5) is 14.6. The lowest BCUT2D eigenvalue weighted by Gasteiger charge is -2.27. The van der Waals surface area contributed by atoms with Crippen LogP contribution in [0.15, 0.2) is 40.9 Å². The zero-order valence-electron chi connectivity index (χ0n) is 15.9. The Labute approximate surface area is 174 Å². The number of halogens is 1. The molecule has 0 fully saturated rings. The maximum Gasteiger partial charge on any atom is 0.257 e. The number of unbranched alkanes of at least 4 members (excludes halogenated alkanes) is 1. The Hall–Kier alpha value is -1.76. The molecule has 0 heterocycles. The predicted molar refractivity (Wildman–Crippen MR) is 119 cm³/mol. The third-order valence-electron chi connectivity index (χ3n) is 4.33. The van der Waals surface area contributed by atoms with E-state index in [4.69, 9.17) is 17.3 Å². The van der Waals surface area contributed by atoms with Crippen LogP contribution in [0, 0.1) is 20.8 Å². The second kappa shape index (κ2) is 9.97. The summed E-state index contributed by atoms with van der Waals surface area (Å²) in [7, 11) is 0. The smallest absolute Gasteiger partial charge is 0.257 e. The topological polar surface area (TPSA) is 52.6 Å². The Balaban J connectivity index is 2.21. The van der Waals surface area contributed by atoms with Gasteiger partial charge in [-0.05, 0) is 75.2 Å². The molecule has 0 spiro atoms. The number of aliphatic hydroxyl groups excluding tert-OH is 1. The van der Waals surface area contributed by atoms with Crippen LogP contribution in [0.2, 0.25) is 0 Å². The van der Waals surface area contributed by atoms with E-state index in [-0.39, 0.29) is 12.5 Å². The normalized spacial score (nSPS) is 10.6. The Bertz CT molecular complexity index is 839. The highest BCUT2D eigenvalue weighted by Crippen LogP contribution is 2.22. The highest BCUT2D eigenvalue weighted by Gasteiger charge is 2.17. The van der Waals surface area contributed by atoms with Gasteiger partial charge in [0.1, 0.15) is 0 Å². The highest BCUT2D eigenvalue weighted by atomic mass is 79.9. The molecule has 6 heteroatoms. The number of hydrogen-bond acceptors (Lipinski definition) is 3. The van der Waals surface area contributed by atoms with Crippen LogP contribution in [-0.2, 0) is 0 Å². The fourth-order valence-corrected chi connectivity index (χ4v) is 3.45. The number of benzene rings is 2. The second-order valence-corrected chi connectivity index (χ2v) is 7.84. The fourth-order valence-electron chi connectivity index (χ4n) is 2.79. The molecule has 2 aromatic carbocycles. The van der Waals surface area contributed by atoms with Crippen molar-refractivity contribution in [3.05, 3.63) is 63.1 Å². The van der Waals surface area contributed by atoms with Crippen molar-refractivity contribution in [2.24, 2.45) is 0 Å². The van der Waals surface area contributed by atoms with Gasteiger partial charge in [-0.2, -0.15) is 0 Å². The van der Waals surface area contributed by atoms with Crippen molar-refractivity contribution in [2.45, 2.75) is 33.6 Å². The number of anilines is 1. The van der Waals surface area contributed by atoms with Crippen molar-refractivity contribution in [3.63, 3.8) is 0 Å². The van der Waals surface area contributed by atoms with Gasteiger partial charge >= 0.3 is 0 Å². The van der Waals surface area contributed by atoms with Crippen molar-refractivity contribution < 1.29 is 9.90 Å². The van der Waals surface area contributed by atoms with Gasteiger partial charge in [0.05, 0.1) is 0 Å². The molecule has 2 N–H and O–H groups in total. The van der Waals surface area contributed by atoms with Crippen molar-refractivity contribution in [1.29, 1.82) is 0 Å². The first-order chi connectivity index (χ1) is 12.8. The van der Waals surface area contributed by atoms with Gasteiger partial charge in [0.25, 0.3) is 5.91 Å². The standard InChI is InChI=1S/C21H25BrN2O2S/c1-14-6-9-19(16(3)12-14)24(10-4-5-11-25)21(27)23-20(26)17-8-7-15(2)18(22)13-17/h6-9,12-13,25H,4-5,10-11H2,1-3H3,(H,23,26,27). The van der Waals surface area contributed by atoms with E-state index >= 15 is 0 Å². The summed E-state index contributed by atoms with van der Waals surface area (Å²) >= 11 is 9.01. The summed E-state index contributed by atoms with van der Waals surface area (Å²) in [5.41, 5.74) is 4.84. The summed E-state index contributed by atoms with van der Waals surface area (Å²) in [6.07, 6.45) is 1.46. The number of aliphatic hydroxyl groups is 1. The Morgan fingerprint density at radius 1 is 1.11 bits per heavy atom. The van der Waals surface area contributed by atoms with Crippen molar-refractivity contribution in [3.8, 4) is 0 Å². The number of carbonyl (C=O) groups excluding carboxylic acids is 1. The molecular formula is C21H25BrN2O2S. The predicted octanol–water partition coefficient (Wildman–Crippen LogP) is 4.67. The number of thiocarbonyl (C=S) groups is 1. The minimum atomic E-state index is -0.238. The number of nitrogens with zero attached hydrogens (tertiary/aromatic N) is 1. The van der Waals surface area contributed by atoms with Crippen LogP contribution in [0.5, 0.6) is 0 Å². The van der Waals surface area contributed by atoms with Gasteiger partial charge in [-0.3, -0.25) is 10.1 Å². The Morgan fingerprint density at radius 2 is 1.85 bits per heavy atom. The van der Waals surface area contributed by atoms with Gasteiger partial charge in [0, 0.05) is 28.9 Å². The van der Waals surface area contributed by atoms with Crippen LogP contribution in [-0.4, -0.2) is 29.3 Å². The first-order valence-electron chi connectivity index (χ1n) is 8.90. The summed E-state index contributed by atoms with van der Waals surface area (Å²) in [6.45, 7) is 6.81. The molecule has 0 aliphatic carbocycles. The maximum absolute atomic E-state index is 12.6.